The summed E-state index contributed by atoms with van der Waals surface area (Å²) >= 11 is 3.69. The molecule has 0 aromatic carbocycles. The van der Waals surface area contributed by atoms with Gasteiger partial charge < -0.3 is 5.32 Å². The highest BCUT2D eigenvalue weighted by atomic mass is 32.2. The lowest BCUT2D eigenvalue weighted by molar-refractivity contribution is 0.152. The first kappa shape index (κ1) is 13.7. The van der Waals surface area contributed by atoms with Crippen molar-refractivity contribution in [3.63, 3.8) is 0 Å². The van der Waals surface area contributed by atoms with E-state index in [1.807, 2.05) is 23.5 Å². The Kier molecular flexibility index (Phi) is 6.71. The van der Waals surface area contributed by atoms with Gasteiger partial charge in [-0.1, -0.05) is 5.16 Å². The molecule has 0 atom stereocenters. The molecule has 0 saturated heterocycles. The van der Waals surface area contributed by atoms with E-state index in [1.165, 1.54) is 19.9 Å². The van der Waals surface area contributed by atoms with E-state index < -0.39 is 6.09 Å². The molecule has 0 aromatic rings. The number of hydrogen-bond acceptors (Lipinski definition) is 5. The average Bonchev–Trinajstić information content (AvgIpc) is 3.11. The van der Waals surface area contributed by atoms with Crippen molar-refractivity contribution in [2.24, 2.45) is 11.1 Å². The molecule has 0 aliphatic heterocycles. The molecular weight excluding hydrogens is 244 g/mol. The zero-order valence-corrected chi connectivity index (χ0v) is 11.3. The lowest BCUT2D eigenvalue weighted by Crippen LogP contribution is -2.18. The fourth-order valence-electron chi connectivity index (χ4n) is 1.10. The van der Waals surface area contributed by atoms with E-state index in [-0.39, 0.29) is 0 Å². The van der Waals surface area contributed by atoms with Gasteiger partial charge in [0.1, 0.15) is 0 Å². The highest BCUT2D eigenvalue weighted by molar-refractivity contribution is 8.02. The largest absolute Gasteiger partial charge is 0.433 e. The second-order valence-corrected chi connectivity index (χ2v) is 5.62. The van der Waals surface area contributed by atoms with Crippen molar-refractivity contribution in [1.29, 1.82) is 0 Å². The van der Waals surface area contributed by atoms with E-state index in [2.05, 4.69) is 16.7 Å². The van der Waals surface area contributed by atoms with Crippen LogP contribution in [0.2, 0.25) is 0 Å². The molecule has 0 heterocycles. The zero-order chi connectivity index (χ0) is 11.8. The molecule has 1 aliphatic rings. The molecule has 1 saturated carbocycles. The van der Waals surface area contributed by atoms with Gasteiger partial charge in [-0.05, 0) is 19.1 Å². The maximum absolute atomic E-state index is 10.9. The molecule has 1 fully saturated rings. The van der Waals surface area contributed by atoms with Gasteiger partial charge in [-0.15, -0.1) is 0 Å². The number of nitrogens with zero attached hydrogens (tertiary/aromatic N) is 1. The molecule has 1 amide bonds. The molecule has 0 bridgehead atoms. The number of carbonyl (C=O) groups excluding carboxylic acids is 1. The Hall–Kier alpha value is -0.360. The quantitative estimate of drug-likeness (QED) is 0.331. The van der Waals surface area contributed by atoms with E-state index in [0.717, 1.165) is 23.0 Å². The van der Waals surface area contributed by atoms with Crippen LogP contribution in [0.15, 0.2) is 5.16 Å². The van der Waals surface area contributed by atoms with Crippen LogP contribution in [0.3, 0.4) is 0 Å². The van der Waals surface area contributed by atoms with Gasteiger partial charge in [0, 0.05) is 30.2 Å². The van der Waals surface area contributed by atoms with E-state index >= 15 is 0 Å². The summed E-state index contributed by atoms with van der Waals surface area (Å²) in [4.78, 5) is 15.6. The van der Waals surface area contributed by atoms with Crippen molar-refractivity contribution in [1.82, 2.24) is 5.32 Å². The van der Waals surface area contributed by atoms with E-state index in [4.69, 9.17) is 4.84 Å². The summed E-state index contributed by atoms with van der Waals surface area (Å²) in [5.41, 5.74) is 1.02. The van der Waals surface area contributed by atoms with Crippen LogP contribution in [0.4, 0.5) is 4.79 Å². The van der Waals surface area contributed by atoms with Crippen molar-refractivity contribution in [2.75, 3.05) is 30.6 Å². The maximum Gasteiger partial charge on any atom is 0.433 e. The minimum absolute atomic E-state index is 0.493. The Bertz CT molecular complexity index is 255. The number of hydrogen-bond donors (Lipinski definition) is 1. The van der Waals surface area contributed by atoms with E-state index in [9.17, 15) is 4.79 Å². The minimum atomic E-state index is -0.493. The molecule has 6 heteroatoms. The Labute approximate surface area is 105 Å². The Balaban J connectivity index is 2.26. The summed E-state index contributed by atoms with van der Waals surface area (Å²) in [7, 11) is 1.53. The normalized spacial score (nSPS) is 16.0. The molecule has 0 aromatic heterocycles. The van der Waals surface area contributed by atoms with Gasteiger partial charge in [-0.2, -0.15) is 23.5 Å². The van der Waals surface area contributed by atoms with Crippen molar-refractivity contribution in [3.05, 3.63) is 0 Å². The van der Waals surface area contributed by atoms with Crippen molar-refractivity contribution in [2.45, 2.75) is 12.8 Å². The molecular formula is C10H18N2O2S2. The monoisotopic (exact) mass is 262 g/mol. The second kappa shape index (κ2) is 7.84. The fourth-order valence-corrected chi connectivity index (χ4v) is 2.88. The standard InChI is InChI=1S/C10H18N2O2S2/c1-11-10(13)14-12-9(8-3-4-8)7-16-6-5-15-2/h8H,3-7H2,1-2H3,(H,11,13). The van der Waals surface area contributed by atoms with Crippen LogP contribution in [-0.2, 0) is 4.84 Å². The number of rotatable bonds is 7. The number of thioether (sulfide) groups is 2. The van der Waals surface area contributed by atoms with Crippen LogP contribution in [0.25, 0.3) is 0 Å². The van der Waals surface area contributed by atoms with E-state index in [0.29, 0.717) is 5.92 Å². The lowest BCUT2D eigenvalue weighted by Gasteiger charge is -2.04. The van der Waals surface area contributed by atoms with Crippen LogP contribution in [0, 0.1) is 5.92 Å². The number of amides is 1. The van der Waals surface area contributed by atoms with E-state index in [1.54, 1.807) is 0 Å². The first-order valence-electron chi connectivity index (χ1n) is 5.30. The Morgan fingerprint density at radius 2 is 2.25 bits per heavy atom. The lowest BCUT2D eigenvalue weighted by atomic mass is 10.3. The van der Waals surface area contributed by atoms with Gasteiger partial charge in [-0.3, -0.25) is 4.84 Å². The van der Waals surface area contributed by atoms with Crippen molar-refractivity contribution < 1.29 is 9.63 Å². The summed E-state index contributed by atoms with van der Waals surface area (Å²) in [5.74, 6) is 3.69. The molecule has 16 heavy (non-hydrogen) atoms. The molecule has 0 unspecified atom stereocenters. The smallest absolute Gasteiger partial charge is 0.323 e. The zero-order valence-electron chi connectivity index (χ0n) is 9.69. The van der Waals surface area contributed by atoms with Crippen LogP contribution in [0.5, 0.6) is 0 Å². The van der Waals surface area contributed by atoms with Crippen LogP contribution < -0.4 is 5.32 Å². The Morgan fingerprint density at radius 3 is 2.81 bits per heavy atom. The minimum Gasteiger partial charge on any atom is -0.323 e. The third-order valence-electron chi connectivity index (χ3n) is 2.18. The summed E-state index contributed by atoms with van der Waals surface area (Å²) < 4.78 is 0. The summed E-state index contributed by atoms with van der Waals surface area (Å²) in [5, 5.41) is 6.31. The van der Waals surface area contributed by atoms with Crippen molar-refractivity contribution >= 4 is 35.3 Å². The number of carbonyl (C=O) groups is 1. The average molecular weight is 262 g/mol. The molecule has 92 valence electrons. The third-order valence-corrected chi connectivity index (χ3v) is 4.04. The predicted octanol–water partition coefficient (Wildman–Crippen LogP) is 2.20. The molecule has 0 spiro atoms. The number of oxime groups is 1. The highest BCUT2D eigenvalue weighted by Gasteiger charge is 2.28. The first-order valence-corrected chi connectivity index (χ1v) is 7.85. The summed E-state index contributed by atoms with van der Waals surface area (Å²) in [6.45, 7) is 0. The topological polar surface area (TPSA) is 50.7 Å². The molecule has 4 nitrogen and oxygen atoms in total. The van der Waals surface area contributed by atoms with Crippen LogP contribution in [-0.4, -0.2) is 42.4 Å². The van der Waals surface area contributed by atoms with Gasteiger partial charge in [0.2, 0.25) is 0 Å². The van der Waals surface area contributed by atoms with Gasteiger partial charge in [0.25, 0.3) is 0 Å². The Morgan fingerprint density at radius 1 is 1.50 bits per heavy atom. The molecule has 1 aliphatic carbocycles. The van der Waals surface area contributed by atoms with Gasteiger partial charge in [-0.25, -0.2) is 4.79 Å². The van der Waals surface area contributed by atoms with Gasteiger partial charge in [0.05, 0.1) is 5.71 Å². The molecule has 0 radical (unpaired) electrons. The highest BCUT2D eigenvalue weighted by Crippen LogP contribution is 2.32. The van der Waals surface area contributed by atoms with Crippen molar-refractivity contribution in [3.8, 4) is 0 Å². The van der Waals surface area contributed by atoms with Gasteiger partial charge in [0.15, 0.2) is 0 Å². The van der Waals surface area contributed by atoms with Crippen LogP contribution in [0.1, 0.15) is 12.8 Å². The number of nitrogens with one attached hydrogen (secondary N) is 1. The summed E-state index contributed by atoms with van der Waals surface area (Å²) in [6, 6.07) is 0. The van der Waals surface area contributed by atoms with Crippen LogP contribution >= 0.6 is 23.5 Å². The first-order chi connectivity index (χ1) is 7.77. The predicted molar refractivity (Wildman–Crippen MR) is 71.4 cm³/mol. The second-order valence-electron chi connectivity index (χ2n) is 3.53. The van der Waals surface area contributed by atoms with Gasteiger partial charge >= 0.3 is 6.09 Å². The molecule has 1 N–H and O–H groups in total. The fraction of sp³-hybridized carbons (Fsp3) is 0.800. The molecule has 1 rings (SSSR count). The third kappa shape index (κ3) is 5.65. The SMILES string of the molecule is CNC(=O)ON=C(CSCCSC)C1CC1. The summed E-state index contributed by atoms with van der Waals surface area (Å²) in [6.07, 6.45) is 3.97. The maximum atomic E-state index is 10.9.